The van der Waals surface area contributed by atoms with E-state index in [2.05, 4.69) is 20.3 Å². The number of nitrogens with zero attached hydrogens (tertiary/aromatic N) is 3. The Bertz CT molecular complexity index is 1040. The number of hydrogen-bond acceptors (Lipinski definition) is 9. The molecule has 2 aromatic rings. The SMILES string of the molecule is CCCO[C@@H]1CN(c2nc(C(=O)O)c(C(=O)OCC)s2)CC[C@@H]1NC(=O)c1nc(Cl)c(CC)[nH]1. The zero-order valence-corrected chi connectivity index (χ0v) is 20.8. The van der Waals surface area contributed by atoms with Gasteiger partial charge in [0, 0.05) is 19.7 Å². The van der Waals surface area contributed by atoms with Crippen molar-refractivity contribution < 1.29 is 29.0 Å². The summed E-state index contributed by atoms with van der Waals surface area (Å²) in [7, 11) is 0. The summed E-state index contributed by atoms with van der Waals surface area (Å²) in [5, 5.41) is 13.1. The van der Waals surface area contributed by atoms with Crippen LogP contribution in [0.5, 0.6) is 0 Å². The van der Waals surface area contributed by atoms with Crippen LogP contribution < -0.4 is 10.2 Å². The van der Waals surface area contributed by atoms with Gasteiger partial charge in [-0.25, -0.2) is 19.6 Å². The van der Waals surface area contributed by atoms with Gasteiger partial charge in [0.05, 0.1) is 24.4 Å². The number of aromatic nitrogens is 3. The summed E-state index contributed by atoms with van der Waals surface area (Å²) in [6, 6.07) is -0.298. The molecular weight excluding hydrogens is 486 g/mol. The van der Waals surface area contributed by atoms with Crippen molar-refractivity contribution in [1.29, 1.82) is 0 Å². The molecule has 0 unspecified atom stereocenters. The van der Waals surface area contributed by atoms with Crippen molar-refractivity contribution >= 4 is 45.9 Å². The highest BCUT2D eigenvalue weighted by atomic mass is 35.5. The molecule has 186 valence electrons. The van der Waals surface area contributed by atoms with Crippen molar-refractivity contribution in [2.75, 3.05) is 31.2 Å². The molecule has 1 aliphatic heterocycles. The van der Waals surface area contributed by atoms with Crippen LogP contribution in [0.25, 0.3) is 0 Å². The third-order valence-electron chi connectivity index (χ3n) is 5.26. The second kappa shape index (κ2) is 11.6. The summed E-state index contributed by atoms with van der Waals surface area (Å²) in [4.78, 5) is 49.6. The number of piperidine rings is 1. The minimum Gasteiger partial charge on any atom is -0.476 e. The van der Waals surface area contributed by atoms with Crippen molar-refractivity contribution in [3.63, 3.8) is 0 Å². The molecule has 3 N–H and O–H groups in total. The summed E-state index contributed by atoms with van der Waals surface area (Å²) in [6.07, 6.45) is 1.56. The number of H-pyrrole nitrogens is 1. The minimum absolute atomic E-state index is 0.0489. The van der Waals surface area contributed by atoms with Crippen LogP contribution in [0.15, 0.2) is 0 Å². The molecule has 3 heterocycles. The first-order valence-electron chi connectivity index (χ1n) is 11.1. The standard InChI is InChI=1S/C21H28ClN5O6S/c1-4-9-33-13-10-27(21-25-14(19(29)30)15(34-21)20(31)32-6-3)8-7-12(13)24-18(28)17-23-11(5-2)16(22)26-17/h12-13H,4-10H2,1-3H3,(H,23,26)(H,24,28)(H,29,30)/t12-,13+/m0/s1. The van der Waals surface area contributed by atoms with Crippen molar-refractivity contribution in [3.8, 4) is 0 Å². The number of imidazole rings is 1. The number of nitrogens with one attached hydrogen (secondary N) is 2. The lowest BCUT2D eigenvalue weighted by Crippen LogP contribution is -2.55. The van der Waals surface area contributed by atoms with Crippen molar-refractivity contribution in [2.45, 2.75) is 52.2 Å². The topological polar surface area (TPSA) is 147 Å². The molecule has 0 aromatic carbocycles. The normalized spacial score (nSPS) is 18.1. The van der Waals surface area contributed by atoms with Gasteiger partial charge in [-0.3, -0.25) is 4.79 Å². The Labute approximate surface area is 205 Å². The molecule has 13 heteroatoms. The lowest BCUT2D eigenvalue weighted by molar-refractivity contribution is 0.0204. The van der Waals surface area contributed by atoms with E-state index >= 15 is 0 Å². The number of anilines is 1. The van der Waals surface area contributed by atoms with Crippen LogP contribution in [0, 0.1) is 0 Å². The number of amides is 1. The van der Waals surface area contributed by atoms with Crippen LogP contribution >= 0.6 is 22.9 Å². The molecule has 0 aliphatic carbocycles. The van der Waals surface area contributed by atoms with E-state index in [0.29, 0.717) is 43.4 Å². The molecule has 0 spiro atoms. The molecule has 34 heavy (non-hydrogen) atoms. The van der Waals surface area contributed by atoms with Gasteiger partial charge in [0.15, 0.2) is 21.8 Å². The zero-order valence-electron chi connectivity index (χ0n) is 19.2. The van der Waals surface area contributed by atoms with Gasteiger partial charge in [-0.2, -0.15) is 0 Å². The summed E-state index contributed by atoms with van der Waals surface area (Å²) < 4.78 is 11.0. The van der Waals surface area contributed by atoms with E-state index < -0.39 is 11.9 Å². The Morgan fingerprint density at radius 3 is 2.68 bits per heavy atom. The number of aromatic carboxylic acids is 1. The third-order valence-corrected chi connectivity index (χ3v) is 6.67. The van der Waals surface area contributed by atoms with Crippen molar-refractivity contribution in [2.24, 2.45) is 0 Å². The van der Waals surface area contributed by atoms with Gasteiger partial charge in [-0.1, -0.05) is 36.8 Å². The molecule has 0 bridgehead atoms. The van der Waals surface area contributed by atoms with Crippen molar-refractivity contribution in [1.82, 2.24) is 20.3 Å². The monoisotopic (exact) mass is 513 g/mol. The number of halogens is 1. The fourth-order valence-electron chi connectivity index (χ4n) is 3.58. The predicted molar refractivity (Wildman–Crippen MR) is 126 cm³/mol. The van der Waals surface area contributed by atoms with Gasteiger partial charge in [0.25, 0.3) is 5.91 Å². The van der Waals surface area contributed by atoms with Crippen LogP contribution in [0.1, 0.15) is 70.1 Å². The average Bonchev–Trinajstić information content (AvgIpc) is 3.42. The number of carboxylic acids is 1. The quantitative estimate of drug-likeness (QED) is 0.408. The second-order valence-electron chi connectivity index (χ2n) is 7.63. The fraction of sp³-hybridized carbons (Fsp3) is 0.571. The second-order valence-corrected chi connectivity index (χ2v) is 8.97. The van der Waals surface area contributed by atoms with E-state index in [9.17, 15) is 19.5 Å². The molecule has 1 fully saturated rings. The molecule has 0 saturated carbocycles. The van der Waals surface area contributed by atoms with Gasteiger partial charge in [0.2, 0.25) is 0 Å². The summed E-state index contributed by atoms with van der Waals surface area (Å²) >= 11 is 7.03. The molecule has 0 radical (unpaired) electrons. The summed E-state index contributed by atoms with van der Waals surface area (Å²) in [5.74, 6) is -2.25. The molecule has 2 aromatic heterocycles. The van der Waals surface area contributed by atoms with Crippen LogP contribution in [0.2, 0.25) is 5.15 Å². The number of esters is 1. The molecule has 1 amide bonds. The van der Waals surface area contributed by atoms with Gasteiger partial charge in [-0.15, -0.1) is 0 Å². The van der Waals surface area contributed by atoms with Crippen LogP contribution in [-0.4, -0.2) is 76.4 Å². The highest BCUT2D eigenvalue weighted by Crippen LogP contribution is 2.30. The van der Waals surface area contributed by atoms with E-state index in [1.165, 1.54) is 0 Å². The maximum Gasteiger partial charge on any atom is 0.356 e. The minimum atomic E-state index is -1.30. The van der Waals surface area contributed by atoms with Crippen LogP contribution in [0.3, 0.4) is 0 Å². The third kappa shape index (κ3) is 5.86. The molecular formula is C21H28ClN5O6S. The van der Waals surface area contributed by atoms with E-state index in [-0.39, 0.29) is 46.2 Å². The molecule has 1 saturated heterocycles. The van der Waals surface area contributed by atoms with Gasteiger partial charge < -0.3 is 29.8 Å². The number of carbonyl (C=O) groups is 3. The lowest BCUT2D eigenvalue weighted by Gasteiger charge is -2.38. The maximum absolute atomic E-state index is 12.8. The average molecular weight is 514 g/mol. The number of ether oxygens (including phenoxy) is 2. The predicted octanol–water partition coefficient (Wildman–Crippen LogP) is 2.76. The van der Waals surface area contributed by atoms with E-state index in [4.69, 9.17) is 21.1 Å². The Morgan fingerprint density at radius 1 is 1.29 bits per heavy atom. The number of thiazole rings is 1. The number of rotatable bonds is 10. The molecule has 3 rings (SSSR count). The fourth-order valence-corrected chi connectivity index (χ4v) is 4.84. The van der Waals surface area contributed by atoms with Gasteiger partial charge >= 0.3 is 11.9 Å². The Kier molecular flexibility index (Phi) is 8.86. The highest BCUT2D eigenvalue weighted by molar-refractivity contribution is 7.17. The maximum atomic E-state index is 12.8. The largest absolute Gasteiger partial charge is 0.476 e. The van der Waals surface area contributed by atoms with E-state index in [1.807, 2.05) is 18.7 Å². The van der Waals surface area contributed by atoms with E-state index in [0.717, 1.165) is 17.8 Å². The number of aromatic amines is 1. The summed E-state index contributed by atoms with van der Waals surface area (Å²) in [6.45, 7) is 7.00. The summed E-state index contributed by atoms with van der Waals surface area (Å²) in [5.41, 5.74) is 0.358. The molecule has 2 atom stereocenters. The van der Waals surface area contributed by atoms with E-state index in [1.54, 1.807) is 6.92 Å². The number of carbonyl (C=O) groups excluding carboxylic acids is 2. The van der Waals surface area contributed by atoms with Crippen LogP contribution in [-0.2, 0) is 15.9 Å². The highest BCUT2D eigenvalue weighted by Gasteiger charge is 2.35. The first kappa shape index (κ1) is 25.9. The number of hydrogen-bond donors (Lipinski definition) is 3. The number of carboxylic acid groups (broad SMARTS) is 1. The molecule has 1 aliphatic rings. The molecule has 11 nitrogen and oxygen atoms in total. The smallest absolute Gasteiger partial charge is 0.356 e. The number of aryl methyl sites for hydroxylation is 1. The van der Waals surface area contributed by atoms with Gasteiger partial charge in [-0.05, 0) is 26.2 Å². The Morgan fingerprint density at radius 2 is 2.06 bits per heavy atom. The first-order valence-corrected chi connectivity index (χ1v) is 12.3. The van der Waals surface area contributed by atoms with Crippen molar-refractivity contribution in [3.05, 3.63) is 27.2 Å². The zero-order chi connectivity index (χ0) is 24.8. The lowest BCUT2D eigenvalue weighted by atomic mass is 10.0. The van der Waals surface area contributed by atoms with Gasteiger partial charge in [0.1, 0.15) is 4.88 Å². The first-order chi connectivity index (χ1) is 16.3. The Balaban J connectivity index is 1.77. The van der Waals surface area contributed by atoms with Crippen LogP contribution in [0.4, 0.5) is 5.13 Å². The Hall–Kier alpha value is -2.70.